The molecule has 0 spiro atoms. The van der Waals surface area contributed by atoms with Gasteiger partial charge in [0, 0.05) is 5.56 Å². The van der Waals surface area contributed by atoms with E-state index in [-0.39, 0.29) is 5.56 Å². The van der Waals surface area contributed by atoms with Gasteiger partial charge in [-0.2, -0.15) is 0 Å². The summed E-state index contributed by atoms with van der Waals surface area (Å²) in [6.07, 6.45) is 0.386. The standard InChI is InChI=1S/C11H15F2N/c1-7-6-8(2)11(13)9(10(7)12)4-5-14-3/h6,14H,4-5H2,1-3H3. The van der Waals surface area contributed by atoms with Gasteiger partial charge >= 0.3 is 0 Å². The highest BCUT2D eigenvalue weighted by Gasteiger charge is 2.13. The van der Waals surface area contributed by atoms with Crippen LogP contribution in [0.1, 0.15) is 16.7 Å². The third kappa shape index (κ3) is 2.10. The molecule has 78 valence electrons. The first-order chi connectivity index (χ1) is 6.57. The highest BCUT2D eigenvalue weighted by atomic mass is 19.1. The van der Waals surface area contributed by atoms with Crippen molar-refractivity contribution >= 4 is 0 Å². The third-order valence-electron chi connectivity index (χ3n) is 2.28. The number of aryl methyl sites for hydroxylation is 2. The summed E-state index contributed by atoms with van der Waals surface area (Å²) in [5.41, 5.74) is 1.21. The van der Waals surface area contributed by atoms with Gasteiger partial charge in [-0.15, -0.1) is 0 Å². The first-order valence-corrected chi connectivity index (χ1v) is 4.66. The molecule has 1 nitrogen and oxygen atoms in total. The number of nitrogens with one attached hydrogen (secondary N) is 1. The second-order valence-corrected chi connectivity index (χ2v) is 3.47. The first kappa shape index (κ1) is 11.1. The van der Waals surface area contributed by atoms with Crippen molar-refractivity contribution < 1.29 is 8.78 Å². The van der Waals surface area contributed by atoms with Crippen LogP contribution in [0.5, 0.6) is 0 Å². The van der Waals surface area contributed by atoms with E-state index in [1.807, 2.05) is 0 Å². The number of likely N-dealkylation sites (N-methyl/N-ethyl adjacent to an activating group) is 1. The van der Waals surface area contributed by atoms with Gasteiger partial charge in [0.1, 0.15) is 11.6 Å². The van der Waals surface area contributed by atoms with Crippen molar-refractivity contribution in [3.8, 4) is 0 Å². The van der Waals surface area contributed by atoms with Crippen molar-refractivity contribution in [2.75, 3.05) is 13.6 Å². The Morgan fingerprint density at radius 1 is 1.14 bits per heavy atom. The molecule has 1 N–H and O–H groups in total. The molecule has 0 radical (unpaired) electrons. The molecule has 14 heavy (non-hydrogen) atoms. The maximum absolute atomic E-state index is 13.5. The normalized spacial score (nSPS) is 10.6. The molecular formula is C11H15F2N. The molecule has 0 saturated heterocycles. The molecule has 0 aliphatic carbocycles. The fourth-order valence-corrected chi connectivity index (χ4v) is 1.49. The zero-order valence-electron chi connectivity index (χ0n) is 8.75. The van der Waals surface area contributed by atoms with Crippen LogP contribution in [0.3, 0.4) is 0 Å². The molecule has 3 heteroatoms. The zero-order chi connectivity index (χ0) is 10.7. The van der Waals surface area contributed by atoms with E-state index in [1.165, 1.54) is 6.07 Å². The van der Waals surface area contributed by atoms with Crippen LogP contribution in [0.15, 0.2) is 6.07 Å². The minimum Gasteiger partial charge on any atom is -0.319 e. The quantitative estimate of drug-likeness (QED) is 0.788. The SMILES string of the molecule is CNCCc1c(F)c(C)cc(C)c1F. The van der Waals surface area contributed by atoms with Gasteiger partial charge < -0.3 is 5.32 Å². The molecule has 0 bridgehead atoms. The van der Waals surface area contributed by atoms with Crippen molar-refractivity contribution in [1.82, 2.24) is 5.32 Å². The minimum absolute atomic E-state index is 0.192. The number of rotatable bonds is 3. The Balaban J connectivity index is 3.11. The van der Waals surface area contributed by atoms with E-state index in [0.29, 0.717) is 24.1 Å². The molecule has 1 aromatic rings. The van der Waals surface area contributed by atoms with Crippen LogP contribution in [0.4, 0.5) is 8.78 Å². The fraction of sp³-hybridized carbons (Fsp3) is 0.455. The Morgan fingerprint density at radius 2 is 1.64 bits per heavy atom. The van der Waals surface area contributed by atoms with Crippen molar-refractivity contribution in [2.24, 2.45) is 0 Å². The summed E-state index contributed by atoms with van der Waals surface area (Å²) in [6, 6.07) is 1.54. The molecular weight excluding hydrogens is 184 g/mol. The van der Waals surface area contributed by atoms with Crippen molar-refractivity contribution in [3.05, 3.63) is 34.4 Å². The van der Waals surface area contributed by atoms with Gasteiger partial charge in [0.25, 0.3) is 0 Å². The molecule has 0 aliphatic rings. The number of hydrogen-bond donors (Lipinski definition) is 1. The van der Waals surface area contributed by atoms with E-state index in [4.69, 9.17) is 0 Å². The highest BCUT2D eigenvalue weighted by molar-refractivity contribution is 5.32. The fourth-order valence-electron chi connectivity index (χ4n) is 1.49. The average molecular weight is 199 g/mol. The van der Waals surface area contributed by atoms with Crippen molar-refractivity contribution in [1.29, 1.82) is 0 Å². The summed E-state index contributed by atoms with van der Waals surface area (Å²) in [5, 5.41) is 2.88. The van der Waals surface area contributed by atoms with E-state index < -0.39 is 11.6 Å². The highest BCUT2D eigenvalue weighted by Crippen LogP contribution is 2.20. The zero-order valence-corrected chi connectivity index (χ0v) is 8.75. The molecule has 1 rings (SSSR count). The molecule has 0 aliphatic heterocycles. The van der Waals surface area contributed by atoms with E-state index in [1.54, 1.807) is 20.9 Å². The Hall–Kier alpha value is -0.960. The summed E-state index contributed by atoms with van der Waals surface area (Å²) in [6.45, 7) is 3.89. The maximum Gasteiger partial charge on any atom is 0.132 e. The largest absolute Gasteiger partial charge is 0.319 e. The number of hydrogen-bond acceptors (Lipinski definition) is 1. The molecule has 0 atom stereocenters. The summed E-state index contributed by atoms with van der Waals surface area (Å²) in [7, 11) is 1.76. The van der Waals surface area contributed by atoms with Crippen LogP contribution in [-0.2, 0) is 6.42 Å². The summed E-state index contributed by atoms with van der Waals surface area (Å²) < 4.78 is 27.0. The van der Waals surface area contributed by atoms with Gasteiger partial charge in [-0.25, -0.2) is 8.78 Å². The van der Waals surface area contributed by atoms with Crippen LogP contribution < -0.4 is 5.32 Å². The number of benzene rings is 1. The van der Waals surface area contributed by atoms with E-state index in [2.05, 4.69) is 5.32 Å². The second-order valence-electron chi connectivity index (χ2n) is 3.47. The predicted octanol–water partition coefficient (Wildman–Crippen LogP) is 2.34. The topological polar surface area (TPSA) is 12.0 Å². The Bertz CT molecular complexity index is 308. The molecule has 0 aromatic heterocycles. The number of halogens is 2. The summed E-state index contributed by atoms with van der Waals surface area (Å²) in [4.78, 5) is 0. The van der Waals surface area contributed by atoms with E-state index in [0.717, 1.165) is 0 Å². The monoisotopic (exact) mass is 199 g/mol. The lowest BCUT2D eigenvalue weighted by Gasteiger charge is -2.09. The Morgan fingerprint density at radius 3 is 2.07 bits per heavy atom. The first-order valence-electron chi connectivity index (χ1n) is 4.66. The van der Waals surface area contributed by atoms with Gasteiger partial charge in [-0.1, -0.05) is 6.07 Å². The average Bonchev–Trinajstić information content (AvgIpc) is 2.15. The molecule has 1 aromatic carbocycles. The van der Waals surface area contributed by atoms with Crippen LogP contribution >= 0.6 is 0 Å². The molecule has 0 unspecified atom stereocenters. The predicted molar refractivity (Wildman–Crippen MR) is 53.5 cm³/mol. The second kappa shape index (κ2) is 4.51. The molecule has 0 fully saturated rings. The van der Waals surface area contributed by atoms with Crippen LogP contribution in [-0.4, -0.2) is 13.6 Å². The van der Waals surface area contributed by atoms with Crippen LogP contribution in [0.25, 0.3) is 0 Å². The molecule has 0 saturated carbocycles. The van der Waals surface area contributed by atoms with Gasteiger partial charge in [-0.05, 0) is 45.0 Å². The van der Waals surface area contributed by atoms with Crippen molar-refractivity contribution in [3.63, 3.8) is 0 Å². The third-order valence-corrected chi connectivity index (χ3v) is 2.28. The summed E-state index contributed by atoms with van der Waals surface area (Å²) >= 11 is 0. The van der Waals surface area contributed by atoms with Crippen LogP contribution in [0, 0.1) is 25.5 Å². The van der Waals surface area contributed by atoms with Crippen molar-refractivity contribution in [2.45, 2.75) is 20.3 Å². The molecule has 0 heterocycles. The molecule has 0 amide bonds. The smallest absolute Gasteiger partial charge is 0.132 e. The van der Waals surface area contributed by atoms with Gasteiger partial charge in [0.2, 0.25) is 0 Å². The Kier molecular flexibility index (Phi) is 3.58. The lowest BCUT2D eigenvalue weighted by molar-refractivity contribution is 0.540. The Labute approximate surface area is 83.1 Å². The lowest BCUT2D eigenvalue weighted by atomic mass is 10.0. The van der Waals surface area contributed by atoms with Gasteiger partial charge in [0.15, 0.2) is 0 Å². The lowest BCUT2D eigenvalue weighted by Crippen LogP contribution is -2.13. The van der Waals surface area contributed by atoms with Gasteiger partial charge in [-0.3, -0.25) is 0 Å². The summed E-state index contributed by atoms with van der Waals surface area (Å²) in [5.74, 6) is -0.827. The minimum atomic E-state index is -0.414. The maximum atomic E-state index is 13.5. The van der Waals surface area contributed by atoms with E-state index in [9.17, 15) is 8.78 Å². The van der Waals surface area contributed by atoms with E-state index >= 15 is 0 Å². The van der Waals surface area contributed by atoms with Crippen LogP contribution in [0.2, 0.25) is 0 Å². The van der Waals surface area contributed by atoms with Gasteiger partial charge in [0.05, 0.1) is 0 Å².